The van der Waals surface area contributed by atoms with E-state index >= 15 is 0 Å². The largest absolute Gasteiger partial charge is 0.0940 e. The molecule has 0 bridgehead atoms. The second kappa shape index (κ2) is 5.76. The standard InChI is InChI=1S/C9H9Cl2N3/c10-8-4-3-7(6-9(8)11)2-1-5-13-14-12/h3-4,6H,1-2,5H2. The van der Waals surface area contributed by atoms with Gasteiger partial charge in [-0.3, -0.25) is 0 Å². The molecule has 1 rings (SSSR count). The highest BCUT2D eigenvalue weighted by Gasteiger charge is 1.98. The molecular weight excluding hydrogens is 221 g/mol. The molecule has 0 aliphatic carbocycles. The second-order valence-corrected chi connectivity index (χ2v) is 3.62. The molecule has 0 heterocycles. The third kappa shape index (κ3) is 3.46. The normalized spacial score (nSPS) is 9.57. The molecule has 0 atom stereocenters. The minimum Gasteiger partial charge on any atom is -0.0940 e. The summed E-state index contributed by atoms with van der Waals surface area (Å²) in [6.45, 7) is 0.511. The van der Waals surface area contributed by atoms with E-state index in [1.54, 1.807) is 6.07 Å². The number of aryl methyl sites for hydroxylation is 1. The molecule has 3 nitrogen and oxygen atoms in total. The van der Waals surface area contributed by atoms with Crippen LogP contribution in [0, 0.1) is 0 Å². The van der Waals surface area contributed by atoms with Gasteiger partial charge in [0.2, 0.25) is 0 Å². The van der Waals surface area contributed by atoms with Gasteiger partial charge >= 0.3 is 0 Å². The monoisotopic (exact) mass is 229 g/mol. The minimum atomic E-state index is 0.511. The maximum Gasteiger partial charge on any atom is 0.0595 e. The van der Waals surface area contributed by atoms with Crippen molar-refractivity contribution in [1.82, 2.24) is 0 Å². The van der Waals surface area contributed by atoms with E-state index in [4.69, 9.17) is 28.7 Å². The van der Waals surface area contributed by atoms with Crippen LogP contribution in [0.4, 0.5) is 0 Å². The minimum absolute atomic E-state index is 0.511. The Morgan fingerprint density at radius 2 is 2.07 bits per heavy atom. The Balaban J connectivity index is 2.51. The fourth-order valence-corrected chi connectivity index (χ4v) is 1.41. The predicted octanol–water partition coefficient (Wildman–Crippen LogP) is 4.24. The van der Waals surface area contributed by atoms with Crippen LogP contribution in [0.2, 0.25) is 10.0 Å². The van der Waals surface area contributed by atoms with Crippen molar-refractivity contribution < 1.29 is 0 Å². The molecule has 0 saturated heterocycles. The van der Waals surface area contributed by atoms with Crippen LogP contribution in [0.25, 0.3) is 10.4 Å². The maximum absolute atomic E-state index is 8.06. The van der Waals surface area contributed by atoms with E-state index in [1.807, 2.05) is 12.1 Å². The van der Waals surface area contributed by atoms with Crippen LogP contribution in [0.1, 0.15) is 12.0 Å². The van der Waals surface area contributed by atoms with E-state index in [2.05, 4.69) is 10.0 Å². The van der Waals surface area contributed by atoms with Gasteiger partial charge in [-0.15, -0.1) is 0 Å². The smallest absolute Gasteiger partial charge is 0.0595 e. The summed E-state index contributed by atoms with van der Waals surface area (Å²) in [7, 11) is 0. The third-order valence-electron chi connectivity index (χ3n) is 1.77. The van der Waals surface area contributed by atoms with Gasteiger partial charge in [-0.1, -0.05) is 34.4 Å². The summed E-state index contributed by atoms with van der Waals surface area (Å²) in [6.07, 6.45) is 1.66. The summed E-state index contributed by atoms with van der Waals surface area (Å²) in [5, 5.41) is 4.57. The van der Waals surface area contributed by atoms with Gasteiger partial charge in [0.25, 0.3) is 0 Å². The lowest BCUT2D eigenvalue weighted by atomic mass is 10.1. The van der Waals surface area contributed by atoms with Crippen LogP contribution in [-0.4, -0.2) is 6.54 Å². The molecule has 0 aliphatic rings. The van der Waals surface area contributed by atoms with Crippen LogP contribution in [-0.2, 0) is 6.42 Å². The van der Waals surface area contributed by atoms with Crippen LogP contribution in [0.5, 0.6) is 0 Å². The molecule has 74 valence electrons. The van der Waals surface area contributed by atoms with Crippen molar-refractivity contribution in [2.75, 3.05) is 6.54 Å². The lowest BCUT2D eigenvalue weighted by Gasteiger charge is -2.01. The van der Waals surface area contributed by atoms with E-state index in [0.29, 0.717) is 16.6 Å². The van der Waals surface area contributed by atoms with Gasteiger partial charge in [-0.05, 0) is 36.1 Å². The molecule has 1 aromatic rings. The number of hydrogen-bond acceptors (Lipinski definition) is 1. The quantitative estimate of drug-likeness (QED) is 0.321. The van der Waals surface area contributed by atoms with Crippen molar-refractivity contribution in [3.05, 3.63) is 44.3 Å². The maximum atomic E-state index is 8.06. The summed E-state index contributed by atoms with van der Waals surface area (Å²) in [6, 6.07) is 5.52. The van der Waals surface area contributed by atoms with Crippen LogP contribution in [0.15, 0.2) is 23.3 Å². The first-order chi connectivity index (χ1) is 6.74. The topological polar surface area (TPSA) is 48.8 Å². The average molecular weight is 230 g/mol. The first kappa shape index (κ1) is 11.2. The van der Waals surface area contributed by atoms with Gasteiger partial charge in [0, 0.05) is 11.5 Å². The molecule has 0 unspecified atom stereocenters. The van der Waals surface area contributed by atoms with Crippen molar-refractivity contribution in [2.45, 2.75) is 12.8 Å². The first-order valence-corrected chi connectivity index (χ1v) is 4.94. The van der Waals surface area contributed by atoms with Crippen LogP contribution < -0.4 is 0 Å². The van der Waals surface area contributed by atoms with Crippen molar-refractivity contribution in [3.8, 4) is 0 Å². The summed E-state index contributed by atoms with van der Waals surface area (Å²) >= 11 is 11.6. The third-order valence-corrected chi connectivity index (χ3v) is 2.51. The van der Waals surface area contributed by atoms with E-state index in [-0.39, 0.29) is 0 Å². The van der Waals surface area contributed by atoms with Crippen LogP contribution in [0.3, 0.4) is 0 Å². The van der Waals surface area contributed by atoms with Crippen molar-refractivity contribution in [3.63, 3.8) is 0 Å². The molecule has 5 heteroatoms. The number of hydrogen-bond donors (Lipinski definition) is 0. The Morgan fingerprint density at radius 1 is 1.29 bits per heavy atom. The molecule has 0 aliphatic heterocycles. The van der Waals surface area contributed by atoms with Crippen LogP contribution >= 0.6 is 23.2 Å². The highest BCUT2D eigenvalue weighted by molar-refractivity contribution is 6.42. The Labute approximate surface area is 92.3 Å². The first-order valence-electron chi connectivity index (χ1n) is 4.19. The molecule has 0 fully saturated rings. The highest BCUT2D eigenvalue weighted by Crippen LogP contribution is 2.23. The zero-order chi connectivity index (χ0) is 10.4. The van der Waals surface area contributed by atoms with Crippen molar-refractivity contribution in [2.24, 2.45) is 5.11 Å². The second-order valence-electron chi connectivity index (χ2n) is 2.81. The zero-order valence-electron chi connectivity index (χ0n) is 7.45. The molecule has 0 saturated carbocycles. The number of benzene rings is 1. The summed E-state index contributed by atoms with van der Waals surface area (Å²) < 4.78 is 0. The molecular formula is C9H9Cl2N3. The Hall–Kier alpha value is -0.890. The van der Waals surface area contributed by atoms with E-state index in [9.17, 15) is 0 Å². The van der Waals surface area contributed by atoms with Crippen molar-refractivity contribution >= 4 is 23.2 Å². The molecule has 0 aromatic heterocycles. The molecule has 0 radical (unpaired) electrons. The molecule has 0 amide bonds. The van der Waals surface area contributed by atoms with Gasteiger partial charge in [0.15, 0.2) is 0 Å². The highest BCUT2D eigenvalue weighted by atomic mass is 35.5. The lowest BCUT2D eigenvalue weighted by Crippen LogP contribution is -1.87. The van der Waals surface area contributed by atoms with Gasteiger partial charge in [-0.2, -0.15) is 0 Å². The van der Waals surface area contributed by atoms with E-state index < -0.39 is 0 Å². The predicted molar refractivity (Wildman–Crippen MR) is 58.8 cm³/mol. The Morgan fingerprint density at radius 3 is 2.71 bits per heavy atom. The van der Waals surface area contributed by atoms with Gasteiger partial charge in [-0.25, -0.2) is 0 Å². The van der Waals surface area contributed by atoms with Gasteiger partial charge < -0.3 is 0 Å². The number of rotatable bonds is 4. The van der Waals surface area contributed by atoms with E-state index in [1.165, 1.54) is 0 Å². The Bertz CT molecular complexity index is 359. The zero-order valence-corrected chi connectivity index (χ0v) is 8.96. The van der Waals surface area contributed by atoms with Gasteiger partial charge in [0.1, 0.15) is 0 Å². The molecule has 0 spiro atoms. The number of azide groups is 1. The summed E-state index contributed by atoms with van der Waals surface area (Å²) in [5.74, 6) is 0. The molecule has 0 N–H and O–H groups in total. The fourth-order valence-electron chi connectivity index (χ4n) is 1.09. The van der Waals surface area contributed by atoms with Crippen molar-refractivity contribution in [1.29, 1.82) is 0 Å². The number of halogens is 2. The molecule has 1 aromatic carbocycles. The van der Waals surface area contributed by atoms with Gasteiger partial charge in [0.05, 0.1) is 10.0 Å². The lowest BCUT2D eigenvalue weighted by molar-refractivity contribution is 0.827. The van der Waals surface area contributed by atoms with E-state index in [0.717, 1.165) is 18.4 Å². The Kier molecular flexibility index (Phi) is 4.60. The molecule has 14 heavy (non-hydrogen) atoms. The summed E-state index contributed by atoms with van der Waals surface area (Å²) in [4.78, 5) is 2.68. The SMILES string of the molecule is [N-]=[N+]=NCCCc1ccc(Cl)c(Cl)c1. The fraction of sp³-hybridized carbons (Fsp3) is 0.333. The number of nitrogens with zero attached hydrogens (tertiary/aromatic N) is 3. The summed E-state index contributed by atoms with van der Waals surface area (Å²) in [5.41, 5.74) is 9.17. The average Bonchev–Trinajstić information content (AvgIpc) is 2.18.